The van der Waals surface area contributed by atoms with Crippen molar-refractivity contribution < 1.29 is 19.0 Å². The summed E-state index contributed by atoms with van der Waals surface area (Å²) < 4.78 is 28.8. The lowest BCUT2D eigenvalue weighted by Gasteiger charge is -2.61. The first-order valence-corrected chi connectivity index (χ1v) is 8.47. The van der Waals surface area contributed by atoms with Crippen molar-refractivity contribution >= 4 is 11.4 Å². The van der Waals surface area contributed by atoms with E-state index in [1.54, 1.807) is 50.1 Å². The smallest absolute Gasteiger partial charge is 0.128 e. The van der Waals surface area contributed by atoms with Gasteiger partial charge in [-0.15, -0.1) is 12.2 Å². The maximum absolute atomic E-state index is 14.4. The molecule has 1 fully saturated rings. The van der Waals surface area contributed by atoms with Crippen LogP contribution < -0.4 is 20.0 Å². The summed E-state index contributed by atoms with van der Waals surface area (Å²) in [4.78, 5) is 3.48. The minimum atomic E-state index is -1.36. The van der Waals surface area contributed by atoms with Gasteiger partial charge in [-0.05, 0) is 47.2 Å². The molecule has 2 aromatic carbocycles. The van der Waals surface area contributed by atoms with Crippen LogP contribution in [0.1, 0.15) is 23.0 Å². The largest absolute Gasteiger partial charge is 0.851 e. The Hall–Kier alpha value is -2.18. The highest BCUT2D eigenvalue weighted by Gasteiger charge is 2.40. The van der Waals surface area contributed by atoms with E-state index in [2.05, 4.69) is 0 Å². The highest BCUT2D eigenvalue weighted by molar-refractivity contribution is 5.51. The third kappa shape index (κ3) is 3.04. The fraction of sp³-hybridized carbons (Fsp3) is 0.400. The van der Waals surface area contributed by atoms with E-state index < -0.39 is 35.7 Å². The van der Waals surface area contributed by atoms with Crippen molar-refractivity contribution in [1.82, 2.24) is 0 Å². The summed E-state index contributed by atoms with van der Waals surface area (Å²) in [5, 5.41) is 25.3. The van der Waals surface area contributed by atoms with Crippen molar-refractivity contribution in [3.05, 3.63) is 59.2 Å². The van der Waals surface area contributed by atoms with Gasteiger partial charge in [-0.25, -0.2) is 8.78 Å². The topological polar surface area (TPSA) is 52.6 Å². The Morgan fingerprint density at radius 2 is 1.04 bits per heavy atom. The Labute approximate surface area is 152 Å². The molecule has 1 aliphatic rings. The average molecular weight is 360 g/mol. The molecule has 3 rings (SSSR count). The van der Waals surface area contributed by atoms with Crippen LogP contribution in [-0.2, 0) is 0 Å². The molecule has 6 heteroatoms. The summed E-state index contributed by atoms with van der Waals surface area (Å²) in [6.07, 6.45) is -2.73. The third-order valence-corrected chi connectivity index (χ3v) is 5.13. The average Bonchev–Trinajstić information content (AvgIpc) is 2.58. The Kier molecular flexibility index (Phi) is 4.90. The molecule has 0 atom stereocenters. The summed E-state index contributed by atoms with van der Waals surface area (Å²) in [5.74, 6) is -3.12. The van der Waals surface area contributed by atoms with Gasteiger partial charge in [-0.3, -0.25) is 0 Å². The molecule has 0 heterocycles. The van der Waals surface area contributed by atoms with Crippen molar-refractivity contribution in [3.63, 3.8) is 0 Å². The van der Waals surface area contributed by atoms with E-state index in [1.807, 2.05) is 0 Å². The molecule has 0 unspecified atom stereocenters. The molecule has 0 aliphatic heterocycles. The lowest BCUT2D eigenvalue weighted by Crippen LogP contribution is -2.64. The summed E-state index contributed by atoms with van der Waals surface area (Å²) in [6, 6.07) is 8.97. The first-order chi connectivity index (χ1) is 12.2. The van der Waals surface area contributed by atoms with Gasteiger partial charge in [0.1, 0.15) is 11.6 Å². The van der Waals surface area contributed by atoms with Gasteiger partial charge in [0.2, 0.25) is 0 Å². The van der Waals surface area contributed by atoms with E-state index in [1.165, 1.54) is 24.3 Å². The standard InChI is InChI=1S/C20H22F2N2O2/c1-23(2)11-5-7-13(15(21)9-11)17-19(25)18(20(17)26)14-8-6-12(24(3)4)10-16(14)22/h5-10,17-20H,1-4H3/q-2. The summed E-state index contributed by atoms with van der Waals surface area (Å²) in [7, 11) is 7.11. The molecule has 140 valence electrons. The molecule has 1 saturated carbocycles. The van der Waals surface area contributed by atoms with E-state index >= 15 is 0 Å². The van der Waals surface area contributed by atoms with Crippen LogP contribution in [-0.4, -0.2) is 40.4 Å². The van der Waals surface area contributed by atoms with Crippen molar-refractivity contribution in [2.24, 2.45) is 0 Å². The molecule has 0 radical (unpaired) electrons. The summed E-state index contributed by atoms with van der Waals surface area (Å²) >= 11 is 0. The maximum Gasteiger partial charge on any atom is 0.128 e. The molecular weight excluding hydrogens is 338 g/mol. The molecule has 0 saturated heterocycles. The summed E-state index contributed by atoms with van der Waals surface area (Å²) in [6.45, 7) is 0. The van der Waals surface area contributed by atoms with Gasteiger partial charge in [-0.1, -0.05) is 12.1 Å². The van der Waals surface area contributed by atoms with Crippen molar-refractivity contribution in [1.29, 1.82) is 0 Å². The first kappa shape index (κ1) is 18.6. The number of hydrogen-bond donors (Lipinski definition) is 0. The molecule has 0 N–H and O–H groups in total. The van der Waals surface area contributed by atoms with Crippen molar-refractivity contribution in [3.8, 4) is 0 Å². The molecule has 26 heavy (non-hydrogen) atoms. The number of rotatable bonds is 4. The zero-order valence-electron chi connectivity index (χ0n) is 15.2. The number of hydrogen-bond acceptors (Lipinski definition) is 4. The van der Waals surface area contributed by atoms with Gasteiger partial charge in [0.25, 0.3) is 0 Å². The molecule has 2 aromatic rings. The van der Waals surface area contributed by atoms with Crippen molar-refractivity contribution in [2.75, 3.05) is 38.0 Å². The maximum atomic E-state index is 14.4. The number of anilines is 2. The lowest BCUT2D eigenvalue weighted by atomic mass is 9.63. The zero-order chi connectivity index (χ0) is 19.2. The van der Waals surface area contributed by atoms with Crippen LogP contribution in [0.5, 0.6) is 0 Å². The normalized spacial score (nSPS) is 24.9. The molecule has 1 aliphatic carbocycles. The molecule has 0 spiro atoms. The Morgan fingerprint density at radius 3 is 1.31 bits per heavy atom. The van der Waals surface area contributed by atoms with Gasteiger partial charge < -0.3 is 20.0 Å². The predicted octanol–water partition coefficient (Wildman–Crippen LogP) is 1.44. The Balaban J connectivity index is 1.86. The second-order valence-electron chi connectivity index (χ2n) is 7.18. The molecule has 0 aromatic heterocycles. The van der Waals surface area contributed by atoms with E-state index in [9.17, 15) is 19.0 Å². The second kappa shape index (κ2) is 6.85. The minimum absolute atomic E-state index is 0.122. The van der Waals surface area contributed by atoms with E-state index in [0.717, 1.165) is 0 Å². The number of halogens is 2. The zero-order valence-corrected chi connectivity index (χ0v) is 15.2. The lowest BCUT2D eigenvalue weighted by molar-refractivity contribution is -0.536. The van der Waals surface area contributed by atoms with Crippen LogP contribution in [0, 0.1) is 11.6 Å². The van der Waals surface area contributed by atoms with E-state index in [4.69, 9.17) is 0 Å². The van der Waals surface area contributed by atoms with Crippen LogP contribution in [0.4, 0.5) is 20.2 Å². The Bertz CT molecular complexity index is 735. The fourth-order valence-electron chi connectivity index (χ4n) is 3.51. The van der Waals surface area contributed by atoms with Crippen LogP contribution in [0.2, 0.25) is 0 Å². The van der Waals surface area contributed by atoms with Crippen LogP contribution in [0.25, 0.3) is 0 Å². The van der Waals surface area contributed by atoms with Crippen LogP contribution in [0.3, 0.4) is 0 Å². The molecule has 0 bridgehead atoms. The number of benzene rings is 2. The highest BCUT2D eigenvalue weighted by atomic mass is 19.1. The highest BCUT2D eigenvalue weighted by Crippen LogP contribution is 2.47. The van der Waals surface area contributed by atoms with Gasteiger partial charge in [0.15, 0.2) is 0 Å². The predicted molar refractivity (Wildman–Crippen MR) is 94.5 cm³/mol. The quantitative estimate of drug-likeness (QED) is 0.828. The third-order valence-electron chi connectivity index (χ3n) is 5.13. The first-order valence-electron chi connectivity index (χ1n) is 8.47. The van der Waals surface area contributed by atoms with Crippen LogP contribution in [0.15, 0.2) is 36.4 Å². The van der Waals surface area contributed by atoms with Gasteiger partial charge in [-0.2, -0.15) is 0 Å². The van der Waals surface area contributed by atoms with Gasteiger partial charge in [0, 0.05) is 39.6 Å². The monoisotopic (exact) mass is 360 g/mol. The minimum Gasteiger partial charge on any atom is -0.851 e. The van der Waals surface area contributed by atoms with Gasteiger partial charge >= 0.3 is 0 Å². The van der Waals surface area contributed by atoms with E-state index in [-0.39, 0.29) is 11.1 Å². The van der Waals surface area contributed by atoms with E-state index in [0.29, 0.717) is 11.4 Å². The molecular formula is C20H22F2N2O2-2. The van der Waals surface area contributed by atoms with Gasteiger partial charge in [0.05, 0.1) is 0 Å². The fourth-order valence-corrected chi connectivity index (χ4v) is 3.51. The molecule has 0 amide bonds. The molecule has 4 nitrogen and oxygen atoms in total. The Morgan fingerprint density at radius 1 is 0.692 bits per heavy atom. The van der Waals surface area contributed by atoms with Crippen molar-refractivity contribution in [2.45, 2.75) is 24.0 Å². The van der Waals surface area contributed by atoms with Crippen LogP contribution >= 0.6 is 0 Å². The SMILES string of the molecule is CN(C)c1ccc(C2C([O-])C(c3ccc(N(C)C)cc3F)C2[O-])c(F)c1. The summed E-state index contributed by atoms with van der Waals surface area (Å²) in [5.41, 5.74) is 1.55. The second-order valence-corrected chi connectivity index (χ2v) is 7.18. The number of nitrogens with zero attached hydrogens (tertiary/aromatic N) is 2.